The predicted octanol–water partition coefficient (Wildman–Crippen LogP) is 5.39. The number of aryl methyl sites for hydroxylation is 2. The SMILES string of the molecule is C=C/C(C(=C)C)=C1\CC(C)=C(c2ccc(C)cc2C)N1C. The highest BCUT2D eigenvalue weighted by molar-refractivity contribution is 5.74. The van der Waals surface area contributed by atoms with Crippen LogP contribution in [0.3, 0.4) is 0 Å². The molecule has 0 radical (unpaired) electrons. The molecule has 0 aromatic heterocycles. The predicted molar refractivity (Wildman–Crippen MR) is 92.9 cm³/mol. The molecule has 1 heteroatoms. The lowest BCUT2D eigenvalue weighted by Gasteiger charge is -2.23. The fourth-order valence-corrected chi connectivity index (χ4v) is 3.18. The zero-order valence-corrected chi connectivity index (χ0v) is 13.9. The van der Waals surface area contributed by atoms with Crippen molar-refractivity contribution < 1.29 is 0 Å². The summed E-state index contributed by atoms with van der Waals surface area (Å²) in [5.74, 6) is 0. The molecular formula is C20H25N. The van der Waals surface area contributed by atoms with Gasteiger partial charge in [-0.1, -0.05) is 43.0 Å². The van der Waals surface area contributed by atoms with E-state index in [0.29, 0.717) is 0 Å². The molecule has 0 fully saturated rings. The molecule has 0 N–H and O–H groups in total. The average molecular weight is 279 g/mol. The summed E-state index contributed by atoms with van der Waals surface area (Å²) < 4.78 is 0. The highest BCUT2D eigenvalue weighted by Gasteiger charge is 2.25. The molecule has 21 heavy (non-hydrogen) atoms. The molecule has 1 nitrogen and oxygen atoms in total. The first kappa shape index (κ1) is 15.4. The standard InChI is InChI=1S/C20H25N/c1-8-17(13(2)3)19-12-16(6)20(21(19)7)18-10-9-14(4)11-15(18)5/h8-11H,1-2,12H2,3-7H3/b19-17-. The topological polar surface area (TPSA) is 3.24 Å². The monoisotopic (exact) mass is 279 g/mol. The molecule has 0 saturated carbocycles. The second-order valence-electron chi connectivity index (χ2n) is 6.03. The Morgan fingerprint density at radius 1 is 1.24 bits per heavy atom. The van der Waals surface area contributed by atoms with Crippen molar-refractivity contribution in [1.29, 1.82) is 0 Å². The molecule has 0 saturated heterocycles. The Labute approximate surface area is 129 Å². The minimum absolute atomic E-state index is 0.966. The second-order valence-corrected chi connectivity index (χ2v) is 6.03. The van der Waals surface area contributed by atoms with E-state index < -0.39 is 0 Å². The summed E-state index contributed by atoms with van der Waals surface area (Å²) in [5.41, 5.74) is 10.2. The number of allylic oxidation sites excluding steroid dienone is 4. The maximum Gasteiger partial charge on any atom is 0.0475 e. The molecule has 0 bridgehead atoms. The molecule has 1 aromatic carbocycles. The van der Waals surface area contributed by atoms with Crippen LogP contribution >= 0.6 is 0 Å². The zero-order chi connectivity index (χ0) is 15.7. The van der Waals surface area contributed by atoms with Gasteiger partial charge >= 0.3 is 0 Å². The molecule has 0 spiro atoms. The molecule has 1 aliphatic heterocycles. The largest absolute Gasteiger partial charge is 0.347 e. The molecular weight excluding hydrogens is 254 g/mol. The van der Waals surface area contributed by atoms with Gasteiger partial charge in [0.15, 0.2) is 0 Å². The zero-order valence-electron chi connectivity index (χ0n) is 13.9. The van der Waals surface area contributed by atoms with E-state index in [1.807, 2.05) is 13.0 Å². The highest BCUT2D eigenvalue weighted by atomic mass is 15.1. The Balaban J connectivity index is 2.54. The van der Waals surface area contributed by atoms with Gasteiger partial charge in [0.05, 0.1) is 0 Å². The van der Waals surface area contributed by atoms with E-state index in [2.05, 4.69) is 64.1 Å². The normalized spacial score (nSPS) is 17.3. The highest BCUT2D eigenvalue weighted by Crippen LogP contribution is 2.40. The van der Waals surface area contributed by atoms with Gasteiger partial charge in [-0.2, -0.15) is 0 Å². The summed E-state index contributed by atoms with van der Waals surface area (Å²) >= 11 is 0. The Morgan fingerprint density at radius 3 is 2.43 bits per heavy atom. The van der Waals surface area contributed by atoms with Crippen LogP contribution in [0.15, 0.2) is 59.8 Å². The van der Waals surface area contributed by atoms with Crippen LogP contribution in [-0.2, 0) is 0 Å². The summed E-state index contributed by atoms with van der Waals surface area (Å²) in [6.07, 6.45) is 2.89. The molecule has 0 unspecified atom stereocenters. The van der Waals surface area contributed by atoms with E-state index in [-0.39, 0.29) is 0 Å². The fourth-order valence-electron chi connectivity index (χ4n) is 3.18. The first-order valence-electron chi connectivity index (χ1n) is 7.39. The quantitative estimate of drug-likeness (QED) is 0.717. The second kappa shape index (κ2) is 5.77. The molecule has 1 aromatic rings. The van der Waals surface area contributed by atoms with Gasteiger partial charge in [-0.25, -0.2) is 0 Å². The molecule has 1 aliphatic rings. The number of hydrogen-bond acceptors (Lipinski definition) is 1. The van der Waals surface area contributed by atoms with Crippen molar-refractivity contribution >= 4 is 5.70 Å². The van der Waals surface area contributed by atoms with E-state index in [1.165, 1.54) is 33.7 Å². The van der Waals surface area contributed by atoms with Crippen molar-refractivity contribution in [1.82, 2.24) is 4.90 Å². The third-order valence-corrected chi connectivity index (χ3v) is 4.19. The summed E-state index contributed by atoms with van der Waals surface area (Å²) in [6.45, 7) is 16.6. The van der Waals surface area contributed by atoms with Gasteiger partial charge in [0.2, 0.25) is 0 Å². The van der Waals surface area contributed by atoms with Crippen LogP contribution in [0.1, 0.15) is 37.0 Å². The Kier molecular flexibility index (Phi) is 4.22. The van der Waals surface area contributed by atoms with Crippen LogP contribution in [0.2, 0.25) is 0 Å². The van der Waals surface area contributed by atoms with Gasteiger partial charge in [-0.3, -0.25) is 0 Å². The van der Waals surface area contributed by atoms with Crippen molar-refractivity contribution in [3.05, 3.63) is 76.5 Å². The Morgan fingerprint density at radius 2 is 1.90 bits per heavy atom. The average Bonchev–Trinajstić information content (AvgIpc) is 2.67. The lowest BCUT2D eigenvalue weighted by atomic mass is 10.0. The lowest BCUT2D eigenvalue weighted by molar-refractivity contribution is 0.603. The first-order valence-corrected chi connectivity index (χ1v) is 7.39. The van der Waals surface area contributed by atoms with Crippen molar-refractivity contribution in [3.8, 4) is 0 Å². The smallest absolute Gasteiger partial charge is 0.0475 e. The molecule has 0 amide bonds. The van der Waals surface area contributed by atoms with Gasteiger partial charge < -0.3 is 4.90 Å². The number of benzene rings is 1. The minimum Gasteiger partial charge on any atom is -0.347 e. The summed E-state index contributed by atoms with van der Waals surface area (Å²) in [4.78, 5) is 2.30. The van der Waals surface area contributed by atoms with E-state index in [1.54, 1.807) is 0 Å². The van der Waals surface area contributed by atoms with Crippen molar-refractivity contribution in [2.75, 3.05) is 7.05 Å². The third kappa shape index (κ3) is 2.73. The first-order chi connectivity index (χ1) is 9.86. The van der Waals surface area contributed by atoms with Gasteiger partial charge in [0.25, 0.3) is 0 Å². The van der Waals surface area contributed by atoms with E-state index in [9.17, 15) is 0 Å². The van der Waals surface area contributed by atoms with Crippen molar-refractivity contribution in [2.24, 2.45) is 0 Å². The van der Waals surface area contributed by atoms with Crippen LogP contribution in [0.5, 0.6) is 0 Å². The van der Waals surface area contributed by atoms with Crippen molar-refractivity contribution in [2.45, 2.75) is 34.1 Å². The van der Waals surface area contributed by atoms with Gasteiger partial charge in [-0.05, 0) is 50.0 Å². The van der Waals surface area contributed by atoms with Gasteiger partial charge in [0.1, 0.15) is 0 Å². The van der Waals surface area contributed by atoms with Gasteiger partial charge in [-0.15, -0.1) is 0 Å². The van der Waals surface area contributed by atoms with Crippen molar-refractivity contribution in [3.63, 3.8) is 0 Å². The maximum atomic E-state index is 4.08. The number of hydrogen-bond donors (Lipinski definition) is 0. The van der Waals surface area contributed by atoms with Crippen LogP contribution in [0.4, 0.5) is 0 Å². The summed E-state index contributed by atoms with van der Waals surface area (Å²) in [7, 11) is 2.15. The van der Waals surface area contributed by atoms with Crippen LogP contribution in [-0.4, -0.2) is 11.9 Å². The number of nitrogens with zero attached hydrogens (tertiary/aromatic N) is 1. The summed E-state index contributed by atoms with van der Waals surface area (Å²) in [6, 6.07) is 6.67. The third-order valence-electron chi connectivity index (χ3n) is 4.19. The lowest BCUT2D eigenvalue weighted by Crippen LogP contribution is -2.13. The molecule has 0 atom stereocenters. The maximum absolute atomic E-state index is 4.08. The van der Waals surface area contributed by atoms with E-state index in [4.69, 9.17) is 0 Å². The van der Waals surface area contributed by atoms with Crippen LogP contribution in [0, 0.1) is 13.8 Å². The van der Waals surface area contributed by atoms with E-state index >= 15 is 0 Å². The molecule has 1 heterocycles. The molecule has 2 rings (SSSR count). The Hall–Kier alpha value is -2.02. The van der Waals surface area contributed by atoms with Gasteiger partial charge in [0, 0.05) is 30.4 Å². The minimum atomic E-state index is 0.966. The fraction of sp³-hybridized carbons (Fsp3) is 0.300. The van der Waals surface area contributed by atoms with Crippen LogP contribution in [0.25, 0.3) is 5.70 Å². The number of rotatable bonds is 3. The molecule has 0 aliphatic carbocycles. The van der Waals surface area contributed by atoms with E-state index in [0.717, 1.165) is 17.6 Å². The summed E-state index contributed by atoms with van der Waals surface area (Å²) in [5, 5.41) is 0. The molecule has 110 valence electrons. The Bertz CT molecular complexity index is 671. The van der Waals surface area contributed by atoms with Crippen LogP contribution < -0.4 is 0 Å².